The van der Waals surface area contributed by atoms with Crippen molar-refractivity contribution in [3.8, 4) is 0 Å². The number of ether oxygens (including phenoxy) is 1. The molecule has 17 heavy (non-hydrogen) atoms. The minimum Gasteiger partial charge on any atom is -0.390 e. The summed E-state index contributed by atoms with van der Waals surface area (Å²) >= 11 is 5.59. The van der Waals surface area contributed by atoms with Crippen LogP contribution in [0.5, 0.6) is 0 Å². The SMILES string of the molecule is CCCC(OC)C(O)Cc1ccc(Cl)c(F)c1. The maximum Gasteiger partial charge on any atom is 0.142 e. The molecule has 0 heterocycles. The highest BCUT2D eigenvalue weighted by Gasteiger charge is 2.18. The Bertz CT molecular complexity index is 357. The van der Waals surface area contributed by atoms with Crippen molar-refractivity contribution in [1.29, 1.82) is 0 Å². The zero-order valence-electron chi connectivity index (χ0n) is 10.1. The molecule has 96 valence electrons. The molecule has 0 amide bonds. The molecule has 1 N–H and O–H groups in total. The predicted molar refractivity (Wildman–Crippen MR) is 66.8 cm³/mol. The normalized spacial score (nSPS) is 14.6. The molecule has 0 saturated carbocycles. The third kappa shape index (κ3) is 4.26. The molecule has 0 spiro atoms. The molecule has 0 aliphatic rings. The summed E-state index contributed by atoms with van der Waals surface area (Å²) in [5, 5.41) is 10.1. The fourth-order valence-corrected chi connectivity index (χ4v) is 1.91. The van der Waals surface area contributed by atoms with Crippen molar-refractivity contribution in [3.63, 3.8) is 0 Å². The summed E-state index contributed by atoms with van der Waals surface area (Å²) in [7, 11) is 1.58. The summed E-state index contributed by atoms with van der Waals surface area (Å²) in [6, 6.07) is 4.57. The van der Waals surface area contributed by atoms with Gasteiger partial charge in [0.2, 0.25) is 0 Å². The van der Waals surface area contributed by atoms with Crippen molar-refractivity contribution >= 4 is 11.6 Å². The molecule has 0 bridgehead atoms. The number of rotatable bonds is 6. The number of hydrogen-bond acceptors (Lipinski definition) is 2. The van der Waals surface area contributed by atoms with Crippen LogP contribution in [0.4, 0.5) is 4.39 Å². The van der Waals surface area contributed by atoms with Crippen LogP contribution in [0, 0.1) is 5.82 Å². The smallest absolute Gasteiger partial charge is 0.142 e. The molecule has 0 radical (unpaired) electrons. The van der Waals surface area contributed by atoms with E-state index in [0.717, 1.165) is 18.4 Å². The number of aliphatic hydroxyl groups is 1. The molecular weight excluding hydrogens is 243 g/mol. The molecule has 0 saturated heterocycles. The number of benzene rings is 1. The van der Waals surface area contributed by atoms with Crippen LogP contribution in [0.2, 0.25) is 5.02 Å². The van der Waals surface area contributed by atoms with Crippen LogP contribution in [-0.2, 0) is 11.2 Å². The molecule has 1 aromatic rings. The third-order valence-electron chi connectivity index (χ3n) is 2.73. The summed E-state index contributed by atoms with van der Waals surface area (Å²) in [6.45, 7) is 2.03. The van der Waals surface area contributed by atoms with Crippen molar-refractivity contribution in [1.82, 2.24) is 0 Å². The van der Waals surface area contributed by atoms with Crippen molar-refractivity contribution in [2.24, 2.45) is 0 Å². The third-order valence-corrected chi connectivity index (χ3v) is 3.04. The van der Waals surface area contributed by atoms with E-state index in [9.17, 15) is 9.50 Å². The highest BCUT2D eigenvalue weighted by molar-refractivity contribution is 6.30. The zero-order chi connectivity index (χ0) is 12.8. The Morgan fingerprint density at radius 3 is 2.71 bits per heavy atom. The quantitative estimate of drug-likeness (QED) is 0.851. The zero-order valence-corrected chi connectivity index (χ0v) is 10.9. The first-order valence-corrected chi connectivity index (χ1v) is 6.11. The maximum absolute atomic E-state index is 13.2. The van der Waals surface area contributed by atoms with E-state index in [2.05, 4.69) is 0 Å². The molecule has 4 heteroatoms. The van der Waals surface area contributed by atoms with E-state index in [1.807, 2.05) is 6.92 Å². The van der Waals surface area contributed by atoms with Crippen LogP contribution in [-0.4, -0.2) is 24.4 Å². The second-order valence-corrected chi connectivity index (χ2v) is 4.49. The van der Waals surface area contributed by atoms with E-state index in [4.69, 9.17) is 16.3 Å². The van der Waals surface area contributed by atoms with Crippen LogP contribution in [0.1, 0.15) is 25.3 Å². The van der Waals surface area contributed by atoms with Crippen LogP contribution in [0.3, 0.4) is 0 Å². The van der Waals surface area contributed by atoms with Crippen LogP contribution in [0.15, 0.2) is 18.2 Å². The highest BCUT2D eigenvalue weighted by Crippen LogP contribution is 2.18. The van der Waals surface area contributed by atoms with Crippen LogP contribution < -0.4 is 0 Å². The van der Waals surface area contributed by atoms with E-state index in [1.165, 1.54) is 12.1 Å². The van der Waals surface area contributed by atoms with Gasteiger partial charge in [0.15, 0.2) is 0 Å². The van der Waals surface area contributed by atoms with Crippen molar-refractivity contribution in [2.45, 2.75) is 38.4 Å². The van der Waals surface area contributed by atoms with Gasteiger partial charge in [-0.2, -0.15) is 0 Å². The first-order chi connectivity index (χ1) is 8.08. The summed E-state index contributed by atoms with van der Waals surface area (Å²) in [4.78, 5) is 0. The average Bonchev–Trinajstić information content (AvgIpc) is 2.30. The number of hydrogen-bond donors (Lipinski definition) is 1. The van der Waals surface area contributed by atoms with E-state index < -0.39 is 11.9 Å². The fraction of sp³-hybridized carbons (Fsp3) is 0.538. The average molecular weight is 261 g/mol. The topological polar surface area (TPSA) is 29.5 Å². The van der Waals surface area contributed by atoms with Crippen molar-refractivity contribution in [2.75, 3.05) is 7.11 Å². The molecule has 2 unspecified atom stereocenters. The Morgan fingerprint density at radius 2 is 2.18 bits per heavy atom. The Morgan fingerprint density at radius 1 is 1.47 bits per heavy atom. The molecule has 0 aliphatic heterocycles. The molecule has 2 atom stereocenters. The van der Waals surface area contributed by atoms with Gasteiger partial charge in [0, 0.05) is 13.5 Å². The van der Waals surface area contributed by atoms with E-state index in [1.54, 1.807) is 13.2 Å². The number of methoxy groups -OCH3 is 1. The molecular formula is C13H18ClFO2. The van der Waals surface area contributed by atoms with Gasteiger partial charge in [0.25, 0.3) is 0 Å². The van der Waals surface area contributed by atoms with Crippen molar-refractivity contribution in [3.05, 3.63) is 34.6 Å². The molecule has 0 fully saturated rings. The maximum atomic E-state index is 13.2. The molecule has 0 aromatic heterocycles. The summed E-state index contributed by atoms with van der Waals surface area (Å²) in [5.74, 6) is -0.458. The second kappa shape index (κ2) is 6.94. The van der Waals surface area contributed by atoms with Crippen LogP contribution in [0.25, 0.3) is 0 Å². The van der Waals surface area contributed by atoms with E-state index in [0.29, 0.717) is 6.42 Å². The highest BCUT2D eigenvalue weighted by atomic mass is 35.5. The largest absolute Gasteiger partial charge is 0.390 e. The Balaban J connectivity index is 2.66. The monoisotopic (exact) mass is 260 g/mol. The van der Waals surface area contributed by atoms with Gasteiger partial charge < -0.3 is 9.84 Å². The lowest BCUT2D eigenvalue weighted by atomic mass is 10.0. The summed E-state index contributed by atoms with van der Waals surface area (Å²) in [6.07, 6.45) is 1.25. The number of aliphatic hydroxyl groups excluding tert-OH is 1. The molecule has 0 aliphatic carbocycles. The standard InChI is InChI=1S/C13H18ClFO2/c1-3-4-13(17-2)12(16)8-9-5-6-10(14)11(15)7-9/h5-7,12-13,16H,3-4,8H2,1-2H3. The lowest BCUT2D eigenvalue weighted by Gasteiger charge is -2.21. The van der Waals surface area contributed by atoms with Gasteiger partial charge in [-0.15, -0.1) is 0 Å². The van der Waals surface area contributed by atoms with Gasteiger partial charge in [-0.05, 0) is 24.1 Å². The molecule has 1 rings (SSSR count). The predicted octanol–water partition coefficient (Wildman–Crippen LogP) is 3.20. The van der Waals surface area contributed by atoms with Gasteiger partial charge in [0.05, 0.1) is 17.2 Å². The Hall–Kier alpha value is -0.640. The van der Waals surface area contributed by atoms with Gasteiger partial charge in [-0.3, -0.25) is 0 Å². The van der Waals surface area contributed by atoms with Gasteiger partial charge >= 0.3 is 0 Å². The summed E-state index contributed by atoms with van der Waals surface area (Å²) in [5.41, 5.74) is 0.720. The fourth-order valence-electron chi connectivity index (χ4n) is 1.79. The Labute approximate surface area is 106 Å². The van der Waals surface area contributed by atoms with Gasteiger partial charge in [-0.1, -0.05) is 31.0 Å². The first-order valence-electron chi connectivity index (χ1n) is 5.73. The van der Waals surface area contributed by atoms with E-state index >= 15 is 0 Å². The summed E-state index contributed by atoms with van der Waals surface area (Å²) < 4.78 is 18.4. The second-order valence-electron chi connectivity index (χ2n) is 4.08. The number of halogens is 2. The Kier molecular flexibility index (Phi) is 5.89. The molecule has 1 aromatic carbocycles. The lowest BCUT2D eigenvalue weighted by Crippen LogP contribution is -2.29. The molecule has 2 nitrogen and oxygen atoms in total. The minimum atomic E-state index is -0.625. The lowest BCUT2D eigenvalue weighted by molar-refractivity contribution is -0.0159. The van der Waals surface area contributed by atoms with Gasteiger partial charge in [-0.25, -0.2) is 4.39 Å². The van der Waals surface area contributed by atoms with Gasteiger partial charge in [0.1, 0.15) is 5.82 Å². The van der Waals surface area contributed by atoms with Crippen molar-refractivity contribution < 1.29 is 14.2 Å². The first kappa shape index (κ1) is 14.4. The minimum absolute atomic E-state index is 0.0973. The van der Waals surface area contributed by atoms with Crippen LogP contribution >= 0.6 is 11.6 Å². The van der Waals surface area contributed by atoms with E-state index in [-0.39, 0.29) is 11.1 Å².